The average molecular weight is 276 g/mol. The maximum atomic E-state index is 12.3. The Morgan fingerprint density at radius 2 is 2.00 bits per heavy atom. The van der Waals surface area contributed by atoms with Gasteiger partial charge in [0.15, 0.2) is 0 Å². The molecule has 0 aromatic carbocycles. The molecule has 0 atom stereocenters. The van der Waals surface area contributed by atoms with Crippen LogP contribution in [0.1, 0.15) is 38.6 Å². The van der Waals surface area contributed by atoms with Crippen LogP contribution in [0.5, 0.6) is 0 Å². The van der Waals surface area contributed by atoms with Gasteiger partial charge in [-0.1, -0.05) is 5.16 Å². The third kappa shape index (κ3) is 2.24. The zero-order valence-electron chi connectivity index (χ0n) is 11.9. The molecule has 20 heavy (non-hydrogen) atoms. The molecule has 0 saturated heterocycles. The lowest BCUT2D eigenvalue weighted by Crippen LogP contribution is -2.29. The van der Waals surface area contributed by atoms with E-state index in [2.05, 4.69) is 5.16 Å². The van der Waals surface area contributed by atoms with Crippen LogP contribution in [0.2, 0.25) is 0 Å². The summed E-state index contributed by atoms with van der Waals surface area (Å²) < 4.78 is 6.50. The number of aromatic nitrogens is 2. The molecule has 6 heteroatoms. The Kier molecular flexibility index (Phi) is 3.48. The Morgan fingerprint density at radius 1 is 1.35 bits per heavy atom. The van der Waals surface area contributed by atoms with E-state index in [-0.39, 0.29) is 12.1 Å². The minimum atomic E-state index is -1.21. The van der Waals surface area contributed by atoms with Crippen LogP contribution in [0.15, 0.2) is 15.4 Å². The third-order valence-electron chi connectivity index (χ3n) is 3.42. The molecule has 0 spiro atoms. The van der Waals surface area contributed by atoms with E-state index >= 15 is 0 Å². The Balaban J connectivity index is 2.61. The van der Waals surface area contributed by atoms with Gasteiger partial charge in [-0.15, -0.1) is 0 Å². The van der Waals surface area contributed by atoms with Crippen LogP contribution < -0.4 is 5.56 Å². The van der Waals surface area contributed by atoms with E-state index in [1.807, 2.05) is 0 Å². The van der Waals surface area contributed by atoms with Gasteiger partial charge in [-0.05, 0) is 39.3 Å². The van der Waals surface area contributed by atoms with Gasteiger partial charge in [-0.25, -0.2) is 4.79 Å². The van der Waals surface area contributed by atoms with Crippen molar-refractivity contribution in [2.24, 2.45) is 0 Å². The zero-order chi connectivity index (χ0) is 15.0. The van der Waals surface area contributed by atoms with Gasteiger partial charge in [0.25, 0.3) is 5.56 Å². The maximum Gasteiger partial charge on any atom is 0.341 e. The molecule has 0 aliphatic rings. The summed E-state index contributed by atoms with van der Waals surface area (Å²) in [6, 6.07) is 1.70. The van der Waals surface area contributed by atoms with Crippen LogP contribution in [-0.2, 0) is 6.54 Å². The van der Waals surface area contributed by atoms with E-state index < -0.39 is 11.5 Å². The highest BCUT2D eigenvalue weighted by molar-refractivity contribution is 5.88. The minimum Gasteiger partial charge on any atom is -0.477 e. The number of aryl methyl sites for hydroxylation is 4. The van der Waals surface area contributed by atoms with E-state index in [1.54, 1.807) is 33.8 Å². The Morgan fingerprint density at radius 3 is 2.50 bits per heavy atom. The second-order valence-electron chi connectivity index (χ2n) is 4.84. The van der Waals surface area contributed by atoms with Crippen molar-refractivity contribution in [1.82, 2.24) is 9.72 Å². The molecule has 0 unspecified atom stereocenters. The first-order valence-corrected chi connectivity index (χ1v) is 6.19. The van der Waals surface area contributed by atoms with E-state index in [0.717, 1.165) is 5.56 Å². The molecule has 106 valence electrons. The van der Waals surface area contributed by atoms with Crippen molar-refractivity contribution in [2.45, 2.75) is 34.2 Å². The van der Waals surface area contributed by atoms with Gasteiger partial charge in [-0.3, -0.25) is 4.79 Å². The monoisotopic (exact) mass is 276 g/mol. The lowest BCUT2D eigenvalue weighted by atomic mass is 10.1. The summed E-state index contributed by atoms with van der Waals surface area (Å²) in [6.07, 6.45) is 0. The number of hydrogen-bond donors (Lipinski definition) is 1. The number of rotatable bonds is 3. The SMILES string of the molecule is Cc1cc(C)n(Cc2c(C)noc2C)c(=O)c1C(=O)O. The topological polar surface area (TPSA) is 85.3 Å². The number of pyridine rings is 1. The first-order chi connectivity index (χ1) is 9.32. The highest BCUT2D eigenvalue weighted by Crippen LogP contribution is 2.15. The second kappa shape index (κ2) is 4.96. The molecule has 0 amide bonds. The van der Waals surface area contributed by atoms with Crippen molar-refractivity contribution in [1.29, 1.82) is 0 Å². The standard InChI is InChI=1S/C14H16N2O4/c1-7-5-8(2)16(13(17)12(7)14(18)19)6-11-9(3)15-20-10(11)4/h5H,6H2,1-4H3,(H,18,19). The number of nitrogens with zero attached hydrogens (tertiary/aromatic N) is 2. The summed E-state index contributed by atoms with van der Waals surface area (Å²) in [4.78, 5) is 23.5. The van der Waals surface area contributed by atoms with E-state index in [9.17, 15) is 9.59 Å². The van der Waals surface area contributed by atoms with Crippen molar-refractivity contribution >= 4 is 5.97 Å². The van der Waals surface area contributed by atoms with Crippen molar-refractivity contribution in [3.05, 3.63) is 50.3 Å². The van der Waals surface area contributed by atoms with Gasteiger partial charge in [0.2, 0.25) is 0 Å². The minimum absolute atomic E-state index is 0.192. The molecule has 0 radical (unpaired) electrons. The Hall–Kier alpha value is -2.37. The van der Waals surface area contributed by atoms with Gasteiger partial charge in [0.05, 0.1) is 12.2 Å². The highest BCUT2D eigenvalue weighted by atomic mass is 16.5. The molecule has 2 rings (SSSR count). The Bertz CT molecular complexity index is 721. The van der Waals surface area contributed by atoms with Crippen molar-refractivity contribution in [3.63, 3.8) is 0 Å². The average Bonchev–Trinajstić information content (AvgIpc) is 2.64. The molecule has 6 nitrogen and oxygen atoms in total. The van der Waals surface area contributed by atoms with Crippen LogP contribution in [0, 0.1) is 27.7 Å². The van der Waals surface area contributed by atoms with Crippen LogP contribution in [0.3, 0.4) is 0 Å². The normalized spacial score (nSPS) is 10.8. The van der Waals surface area contributed by atoms with Gasteiger partial charge in [0.1, 0.15) is 11.3 Å². The van der Waals surface area contributed by atoms with Gasteiger partial charge < -0.3 is 14.2 Å². The molecular weight excluding hydrogens is 260 g/mol. The maximum absolute atomic E-state index is 12.3. The molecule has 0 fully saturated rings. The van der Waals surface area contributed by atoms with Crippen LogP contribution in [-0.4, -0.2) is 20.8 Å². The van der Waals surface area contributed by atoms with Crippen molar-refractivity contribution < 1.29 is 14.4 Å². The van der Waals surface area contributed by atoms with E-state index in [1.165, 1.54) is 4.57 Å². The fourth-order valence-corrected chi connectivity index (χ4v) is 2.27. The number of aromatic carboxylic acids is 1. The predicted octanol–water partition coefficient (Wildman–Crippen LogP) is 1.82. The number of hydrogen-bond acceptors (Lipinski definition) is 4. The molecular formula is C14H16N2O4. The molecule has 0 aliphatic carbocycles. The van der Waals surface area contributed by atoms with Gasteiger partial charge in [-0.2, -0.15) is 0 Å². The summed E-state index contributed by atoms with van der Waals surface area (Å²) in [5, 5.41) is 13.0. The quantitative estimate of drug-likeness (QED) is 0.924. The molecule has 0 saturated carbocycles. The largest absolute Gasteiger partial charge is 0.477 e. The fourth-order valence-electron chi connectivity index (χ4n) is 2.27. The molecule has 2 aromatic rings. The highest BCUT2D eigenvalue weighted by Gasteiger charge is 2.18. The summed E-state index contributed by atoms with van der Waals surface area (Å²) in [6.45, 7) is 7.21. The predicted molar refractivity (Wildman–Crippen MR) is 72.2 cm³/mol. The first kappa shape index (κ1) is 14.0. The molecule has 2 heterocycles. The van der Waals surface area contributed by atoms with E-state index in [0.29, 0.717) is 22.7 Å². The fraction of sp³-hybridized carbons (Fsp3) is 0.357. The Labute approximate surface area is 115 Å². The van der Waals surface area contributed by atoms with Crippen LogP contribution in [0.4, 0.5) is 0 Å². The number of carboxylic acid groups (broad SMARTS) is 1. The zero-order valence-corrected chi connectivity index (χ0v) is 11.9. The summed E-state index contributed by atoms with van der Waals surface area (Å²) in [5.41, 5.74) is 1.98. The molecule has 2 aromatic heterocycles. The smallest absolute Gasteiger partial charge is 0.341 e. The summed E-state index contributed by atoms with van der Waals surface area (Å²) >= 11 is 0. The van der Waals surface area contributed by atoms with Crippen LogP contribution in [0.25, 0.3) is 0 Å². The molecule has 1 N–H and O–H groups in total. The van der Waals surface area contributed by atoms with Crippen molar-refractivity contribution in [2.75, 3.05) is 0 Å². The summed E-state index contributed by atoms with van der Waals surface area (Å²) in [7, 11) is 0. The molecule has 0 bridgehead atoms. The number of carbonyl (C=O) groups is 1. The number of carboxylic acids is 1. The first-order valence-electron chi connectivity index (χ1n) is 6.19. The lowest BCUT2D eigenvalue weighted by molar-refractivity contribution is 0.0693. The third-order valence-corrected chi connectivity index (χ3v) is 3.42. The van der Waals surface area contributed by atoms with Gasteiger partial charge in [0, 0.05) is 11.3 Å². The van der Waals surface area contributed by atoms with Crippen LogP contribution >= 0.6 is 0 Å². The second-order valence-corrected chi connectivity index (χ2v) is 4.84. The molecule has 0 aliphatic heterocycles. The van der Waals surface area contributed by atoms with E-state index in [4.69, 9.17) is 9.63 Å². The van der Waals surface area contributed by atoms with Gasteiger partial charge >= 0.3 is 5.97 Å². The summed E-state index contributed by atoms with van der Waals surface area (Å²) in [5.74, 6) is -0.578. The lowest BCUT2D eigenvalue weighted by Gasteiger charge is -2.12. The van der Waals surface area contributed by atoms with Crippen molar-refractivity contribution in [3.8, 4) is 0 Å².